The van der Waals surface area contributed by atoms with Crippen LogP contribution in [0.4, 0.5) is 21.9 Å². The molecule has 2 heterocycles. The maximum Gasteiger partial charge on any atom is 0.411 e. The number of likely N-dealkylation sites (tertiary alicyclic amines) is 1. The highest BCUT2D eigenvalue weighted by atomic mass is 16.5. The summed E-state index contributed by atoms with van der Waals surface area (Å²) in [4.78, 5) is 29.8. The maximum atomic E-state index is 13.8. The summed E-state index contributed by atoms with van der Waals surface area (Å²) in [5.74, 6) is 0.0702. The second kappa shape index (κ2) is 8.88. The van der Waals surface area contributed by atoms with Gasteiger partial charge in [0, 0.05) is 5.69 Å². The molecular weight excluding hydrogens is 378 g/mol. The Morgan fingerprint density at radius 3 is 2.47 bits per heavy atom. The number of anilines is 3. The van der Waals surface area contributed by atoms with Gasteiger partial charge in [-0.1, -0.05) is 24.3 Å². The van der Waals surface area contributed by atoms with Crippen molar-refractivity contribution >= 4 is 29.1 Å². The maximum absolute atomic E-state index is 13.8. The molecule has 4 rings (SSSR count). The van der Waals surface area contributed by atoms with Crippen LogP contribution in [0.5, 0.6) is 0 Å². The Balaban J connectivity index is 1.75. The highest BCUT2D eigenvalue weighted by molar-refractivity contribution is 6.05. The minimum absolute atomic E-state index is 0.0702. The Bertz CT molecular complexity index is 937. The monoisotopic (exact) mass is 407 g/mol. The molecule has 30 heavy (non-hydrogen) atoms. The fourth-order valence-electron chi connectivity index (χ4n) is 4.40. The molecule has 0 saturated carbocycles. The van der Waals surface area contributed by atoms with Crippen molar-refractivity contribution in [2.45, 2.75) is 45.6 Å². The highest BCUT2D eigenvalue weighted by Gasteiger charge is 2.32. The first-order valence-corrected chi connectivity index (χ1v) is 10.8. The van der Waals surface area contributed by atoms with Gasteiger partial charge in [-0.2, -0.15) is 0 Å². The lowest BCUT2D eigenvalue weighted by Gasteiger charge is -2.31. The predicted octanol–water partition coefficient (Wildman–Crippen LogP) is 4.50. The number of carbonyl (C=O) groups is 2. The minimum atomic E-state index is -0.491. The van der Waals surface area contributed by atoms with Crippen molar-refractivity contribution in [3.05, 3.63) is 53.6 Å². The van der Waals surface area contributed by atoms with Crippen LogP contribution in [0.25, 0.3) is 0 Å². The van der Waals surface area contributed by atoms with Crippen LogP contribution in [0.3, 0.4) is 0 Å². The molecule has 6 nitrogen and oxygen atoms in total. The first-order chi connectivity index (χ1) is 14.6. The van der Waals surface area contributed by atoms with Gasteiger partial charge in [0.25, 0.3) is 0 Å². The molecule has 1 fully saturated rings. The first-order valence-electron chi connectivity index (χ1n) is 10.8. The smallest absolute Gasteiger partial charge is 0.411 e. The molecule has 0 bridgehead atoms. The summed E-state index contributed by atoms with van der Waals surface area (Å²) in [5.41, 5.74) is 4.65. The summed E-state index contributed by atoms with van der Waals surface area (Å²) in [5, 5.41) is 2.77. The standard InChI is InChI=1S/C24H29N3O3/c1-3-30-24(29)25-20-13-12-19-11-10-18-8-4-5-9-21(18)27(22(19)16-20)23(28)17(2)26-14-6-7-15-26/h4-5,8-9,12-13,16-17H,3,6-7,10-11,14-15H2,1-2H3,(H,25,29)/t17-/m0/s1. The van der Waals surface area contributed by atoms with E-state index in [0.717, 1.165) is 61.3 Å². The number of fused-ring (bicyclic) bond motifs is 2. The van der Waals surface area contributed by atoms with Crippen molar-refractivity contribution in [3.8, 4) is 0 Å². The average molecular weight is 408 g/mol. The van der Waals surface area contributed by atoms with Gasteiger partial charge >= 0.3 is 6.09 Å². The summed E-state index contributed by atoms with van der Waals surface area (Å²) in [6.07, 6.45) is 3.50. The largest absolute Gasteiger partial charge is 0.450 e. The molecule has 0 aromatic heterocycles. The molecular formula is C24H29N3O3. The first kappa shape index (κ1) is 20.4. The number of hydrogen-bond acceptors (Lipinski definition) is 4. The second-order valence-corrected chi connectivity index (χ2v) is 7.91. The van der Waals surface area contributed by atoms with Crippen LogP contribution < -0.4 is 10.2 Å². The van der Waals surface area contributed by atoms with E-state index in [1.807, 2.05) is 48.2 Å². The molecule has 1 atom stereocenters. The molecule has 2 amide bonds. The molecule has 2 aromatic rings. The number of ether oxygens (including phenoxy) is 1. The molecule has 1 N–H and O–H groups in total. The van der Waals surface area contributed by atoms with Crippen LogP contribution in [0.2, 0.25) is 0 Å². The lowest BCUT2D eigenvalue weighted by molar-refractivity contribution is -0.122. The number of amides is 2. The van der Waals surface area contributed by atoms with Crippen molar-refractivity contribution in [2.75, 3.05) is 29.9 Å². The number of aryl methyl sites for hydroxylation is 2. The third-order valence-electron chi connectivity index (χ3n) is 6.01. The summed E-state index contributed by atoms with van der Waals surface area (Å²) in [6.45, 7) is 6.00. The second-order valence-electron chi connectivity index (χ2n) is 7.91. The number of nitrogens with one attached hydrogen (secondary N) is 1. The van der Waals surface area contributed by atoms with Crippen LogP contribution in [0.1, 0.15) is 37.8 Å². The van der Waals surface area contributed by atoms with Gasteiger partial charge in [-0.15, -0.1) is 0 Å². The number of nitrogens with zero attached hydrogens (tertiary/aromatic N) is 2. The van der Waals surface area contributed by atoms with Crippen molar-refractivity contribution in [2.24, 2.45) is 0 Å². The SMILES string of the molecule is CCOC(=O)Nc1ccc2c(c1)N(C(=O)[C@H](C)N1CCCC1)c1ccccc1CC2. The summed E-state index contributed by atoms with van der Waals surface area (Å²) in [6, 6.07) is 13.7. The number of benzene rings is 2. The van der Waals surface area contributed by atoms with E-state index < -0.39 is 6.09 Å². The zero-order valence-corrected chi connectivity index (χ0v) is 17.7. The van der Waals surface area contributed by atoms with Crippen molar-refractivity contribution in [1.29, 1.82) is 0 Å². The predicted molar refractivity (Wildman–Crippen MR) is 118 cm³/mol. The molecule has 6 heteroatoms. The Kier molecular flexibility index (Phi) is 6.04. The minimum Gasteiger partial charge on any atom is -0.450 e. The molecule has 2 aliphatic rings. The van der Waals surface area contributed by atoms with Crippen LogP contribution in [-0.2, 0) is 22.4 Å². The molecule has 1 saturated heterocycles. The summed E-state index contributed by atoms with van der Waals surface area (Å²) >= 11 is 0. The Morgan fingerprint density at radius 2 is 1.73 bits per heavy atom. The van der Waals surface area contributed by atoms with Gasteiger partial charge in [0.15, 0.2) is 0 Å². The summed E-state index contributed by atoms with van der Waals surface area (Å²) < 4.78 is 5.01. The fraction of sp³-hybridized carbons (Fsp3) is 0.417. The molecule has 2 aromatic carbocycles. The lowest BCUT2D eigenvalue weighted by Crippen LogP contribution is -2.44. The molecule has 0 unspecified atom stereocenters. The third kappa shape index (κ3) is 4.05. The van der Waals surface area contributed by atoms with E-state index in [0.29, 0.717) is 12.3 Å². The number of rotatable bonds is 4. The third-order valence-corrected chi connectivity index (χ3v) is 6.01. The van der Waals surface area contributed by atoms with Crippen molar-refractivity contribution < 1.29 is 14.3 Å². The topological polar surface area (TPSA) is 61.9 Å². The van der Waals surface area contributed by atoms with E-state index in [1.165, 1.54) is 0 Å². The van der Waals surface area contributed by atoms with E-state index in [1.54, 1.807) is 6.92 Å². The molecule has 2 aliphatic heterocycles. The molecule has 0 aliphatic carbocycles. The molecule has 0 spiro atoms. The fourth-order valence-corrected chi connectivity index (χ4v) is 4.40. The zero-order valence-electron chi connectivity index (χ0n) is 17.7. The van der Waals surface area contributed by atoms with Gasteiger partial charge in [0.2, 0.25) is 5.91 Å². The Morgan fingerprint density at radius 1 is 1.03 bits per heavy atom. The highest BCUT2D eigenvalue weighted by Crippen LogP contribution is 2.38. The number of para-hydroxylation sites is 1. The van der Waals surface area contributed by atoms with Gasteiger partial charge in [-0.25, -0.2) is 4.79 Å². The van der Waals surface area contributed by atoms with E-state index in [4.69, 9.17) is 4.74 Å². The quantitative estimate of drug-likeness (QED) is 0.810. The van der Waals surface area contributed by atoms with E-state index in [-0.39, 0.29) is 11.9 Å². The van der Waals surface area contributed by atoms with E-state index in [2.05, 4.69) is 16.3 Å². The van der Waals surface area contributed by atoms with E-state index in [9.17, 15) is 9.59 Å². The normalized spacial score (nSPS) is 16.9. The molecule has 158 valence electrons. The van der Waals surface area contributed by atoms with Crippen LogP contribution in [0, 0.1) is 0 Å². The Hall–Kier alpha value is -2.86. The van der Waals surface area contributed by atoms with Gasteiger partial charge in [0.1, 0.15) is 0 Å². The Labute approximate surface area is 177 Å². The zero-order chi connectivity index (χ0) is 21.1. The van der Waals surface area contributed by atoms with Crippen molar-refractivity contribution in [3.63, 3.8) is 0 Å². The summed E-state index contributed by atoms with van der Waals surface area (Å²) in [7, 11) is 0. The van der Waals surface area contributed by atoms with Gasteiger partial charge < -0.3 is 4.74 Å². The van der Waals surface area contributed by atoms with Crippen LogP contribution >= 0.6 is 0 Å². The van der Waals surface area contributed by atoms with Gasteiger partial charge in [-0.05, 0) is 81.9 Å². The number of carbonyl (C=O) groups excluding carboxylic acids is 2. The lowest BCUT2D eigenvalue weighted by atomic mass is 10.0. The molecule has 0 radical (unpaired) electrons. The van der Waals surface area contributed by atoms with Crippen LogP contribution in [0.15, 0.2) is 42.5 Å². The van der Waals surface area contributed by atoms with E-state index >= 15 is 0 Å². The van der Waals surface area contributed by atoms with Gasteiger partial charge in [-0.3, -0.25) is 19.9 Å². The average Bonchev–Trinajstić information content (AvgIpc) is 3.23. The van der Waals surface area contributed by atoms with Crippen LogP contribution in [-0.4, -0.2) is 42.6 Å². The number of hydrogen-bond donors (Lipinski definition) is 1. The van der Waals surface area contributed by atoms with Crippen molar-refractivity contribution in [1.82, 2.24) is 4.90 Å². The van der Waals surface area contributed by atoms with Gasteiger partial charge in [0.05, 0.1) is 24.0 Å².